The van der Waals surface area contributed by atoms with Crippen LogP contribution in [0.2, 0.25) is 0 Å². The molecule has 7 nitrogen and oxygen atoms in total. The van der Waals surface area contributed by atoms with Crippen LogP contribution in [0.5, 0.6) is 17.2 Å². The number of carbonyl (C=O) groups is 2. The monoisotopic (exact) mass is 462 g/mol. The minimum Gasteiger partial charge on any atom is -0.504 e. The Balaban J connectivity index is 1.37. The van der Waals surface area contributed by atoms with Crippen LogP contribution in [0.4, 0.5) is 0 Å². The summed E-state index contributed by atoms with van der Waals surface area (Å²) in [5, 5.41) is 39.9. The Labute approximate surface area is 195 Å². The number of phenols is 3. The van der Waals surface area contributed by atoms with Crippen molar-refractivity contribution >= 4 is 12.4 Å². The molecule has 0 radical (unpaired) electrons. The first kappa shape index (κ1) is 25.2. The Hall–Kier alpha value is -2.44. The van der Waals surface area contributed by atoms with E-state index in [0.29, 0.717) is 30.4 Å². The fourth-order valence-corrected chi connectivity index (χ4v) is 4.78. The summed E-state index contributed by atoms with van der Waals surface area (Å²) in [5.74, 6) is -1.60. The van der Waals surface area contributed by atoms with E-state index in [1.54, 1.807) is 6.07 Å². The highest BCUT2D eigenvalue weighted by Crippen LogP contribution is 2.50. The fraction of sp³-hybridized carbons (Fsp3) is 0.692. The van der Waals surface area contributed by atoms with Crippen molar-refractivity contribution < 1.29 is 34.8 Å². The molecule has 33 heavy (non-hydrogen) atoms. The largest absolute Gasteiger partial charge is 0.504 e. The van der Waals surface area contributed by atoms with Gasteiger partial charge in [-0.15, -0.1) is 0 Å². The van der Waals surface area contributed by atoms with Crippen molar-refractivity contribution in [2.45, 2.75) is 108 Å². The Morgan fingerprint density at radius 1 is 0.788 bits per heavy atom. The van der Waals surface area contributed by atoms with E-state index >= 15 is 0 Å². The average Bonchev–Trinajstić information content (AvgIpc) is 3.71. The summed E-state index contributed by atoms with van der Waals surface area (Å²) in [5.41, 5.74) is 0.637. The van der Waals surface area contributed by atoms with E-state index in [1.165, 1.54) is 0 Å². The summed E-state index contributed by atoms with van der Waals surface area (Å²) in [7, 11) is 0. The Bertz CT molecular complexity index is 824. The molecule has 2 aliphatic rings. The molecule has 2 aliphatic carbocycles. The number of aromatic hydroxyl groups is 3. The highest BCUT2D eigenvalue weighted by Gasteiger charge is 2.49. The number of carboxylic acid groups (broad SMARTS) is 1. The second-order valence-corrected chi connectivity index (χ2v) is 10.1. The molecule has 2 saturated carbocycles. The number of carbonyl (C=O) groups excluding carboxylic acids is 1. The number of carboxylic acids is 1. The Morgan fingerprint density at radius 3 is 1.76 bits per heavy atom. The summed E-state index contributed by atoms with van der Waals surface area (Å²) in [6.07, 6.45) is 13.8. The van der Waals surface area contributed by atoms with Crippen molar-refractivity contribution in [3.05, 3.63) is 17.2 Å². The Kier molecular flexibility index (Phi) is 8.49. The molecule has 7 heteroatoms. The van der Waals surface area contributed by atoms with Crippen LogP contribution in [0.1, 0.15) is 101 Å². The summed E-state index contributed by atoms with van der Waals surface area (Å²) >= 11 is 0. The topological polar surface area (TPSA) is 124 Å². The van der Waals surface area contributed by atoms with Crippen LogP contribution in [-0.4, -0.2) is 38.5 Å². The maximum Gasteiger partial charge on any atom is 0.309 e. The van der Waals surface area contributed by atoms with Gasteiger partial charge in [0.2, 0.25) is 5.75 Å². The SMILES string of the molecule is O=COC1(CCCCCCc2cc(CCCCCCC3(C(=O)O)CC3)c(O)c(O)c2O)CC1. The number of hydrogen-bond acceptors (Lipinski definition) is 6. The van der Waals surface area contributed by atoms with Gasteiger partial charge >= 0.3 is 5.97 Å². The molecule has 3 rings (SSSR count). The standard InChI is InChI=1S/C26H38O7/c27-18-33-26(15-16-26)12-8-4-2-6-10-20-17-19(21(28)23(30)22(20)29)9-5-1-3-7-11-25(13-14-25)24(31)32/h17-18,28-30H,1-16H2,(H,31,32). The third kappa shape index (κ3) is 6.78. The molecular weight excluding hydrogens is 424 g/mol. The van der Waals surface area contributed by atoms with Crippen LogP contribution in [0.15, 0.2) is 6.07 Å². The number of aryl methyl sites for hydroxylation is 2. The fourth-order valence-electron chi connectivity index (χ4n) is 4.78. The van der Waals surface area contributed by atoms with Gasteiger partial charge < -0.3 is 25.2 Å². The Morgan fingerprint density at radius 2 is 1.30 bits per heavy atom. The van der Waals surface area contributed by atoms with E-state index in [0.717, 1.165) is 89.9 Å². The zero-order chi connectivity index (χ0) is 23.9. The lowest BCUT2D eigenvalue weighted by Crippen LogP contribution is -2.14. The van der Waals surface area contributed by atoms with Gasteiger partial charge in [0.15, 0.2) is 11.5 Å². The second kappa shape index (κ2) is 11.1. The molecule has 0 atom stereocenters. The first-order valence-corrected chi connectivity index (χ1v) is 12.4. The van der Waals surface area contributed by atoms with Crippen molar-refractivity contribution in [1.82, 2.24) is 0 Å². The molecule has 0 amide bonds. The molecule has 184 valence electrons. The maximum absolute atomic E-state index is 11.2. The molecule has 0 aromatic heterocycles. The van der Waals surface area contributed by atoms with Crippen molar-refractivity contribution in [2.75, 3.05) is 0 Å². The predicted molar refractivity (Wildman–Crippen MR) is 123 cm³/mol. The molecule has 0 aliphatic heterocycles. The van der Waals surface area contributed by atoms with Crippen molar-refractivity contribution in [3.8, 4) is 17.2 Å². The highest BCUT2D eigenvalue weighted by atomic mass is 16.5. The molecular formula is C26H38O7. The molecule has 1 aromatic rings. The molecule has 0 unspecified atom stereocenters. The molecule has 0 bridgehead atoms. The summed E-state index contributed by atoms with van der Waals surface area (Å²) in [6.45, 7) is 0.549. The quantitative estimate of drug-likeness (QED) is 0.140. The van der Waals surface area contributed by atoms with Crippen molar-refractivity contribution in [1.29, 1.82) is 0 Å². The molecule has 1 aromatic carbocycles. The summed E-state index contributed by atoms with van der Waals surface area (Å²) in [6, 6.07) is 1.80. The summed E-state index contributed by atoms with van der Waals surface area (Å²) < 4.78 is 5.16. The number of ether oxygens (including phenoxy) is 1. The van der Waals surface area contributed by atoms with Gasteiger partial charge in [-0.3, -0.25) is 9.59 Å². The lowest BCUT2D eigenvalue weighted by atomic mass is 9.96. The summed E-state index contributed by atoms with van der Waals surface area (Å²) in [4.78, 5) is 21.8. The van der Waals surface area contributed by atoms with Gasteiger partial charge in [-0.05, 0) is 87.8 Å². The van der Waals surface area contributed by atoms with Gasteiger partial charge in [0.1, 0.15) is 5.60 Å². The number of phenolic OH excluding ortho intramolecular Hbond substituents is 3. The predicted octanol–water partition coefficient (Wildman–Crippen LogP) is 5.36. The van der Waals surface area contributed by atoms with Gasteiger partial charge in [-0.1, -0.05) is 32.1 Å². The third-order valence-corrected chi connectivity index (χ3v) is 7.50. The van der Waals surface area contributed by atoms with Gasteiger partial charge in [-0.25, -0.2) is 0 Å². The lowest BCUT2D eigenvalue weighted by molar-refractivity contribution is -0.143. The van der Waals surface area contributed by atoms with Crippen LogP contribution in [0, 0.1) is 5.41 Å². The van der Waals surface area contributed by atoms with Crippen molar-refractivity contribution in [3.63, 3.8) is 0 Å². The van der Waals surface area contributed by atoms with Crippen molar-refractivity contribution in [2.24, 2.45) is 5.41 Å². The zero-order valence-corrected chi connectivity index (χ0v) is 19.5. The van der Waals surface area contributed by atoms with E-state index in [4.69, 9.17) is 4.74 Å². The molecule has 4 N–H and O–H groups in total. The minimum atomic E-state index is -0.668. The molecule has 0 heterocycles. The van der Waals surface area contributed by atoms with E-state index in [9.17, 15) is 30.0 Å². The first-order valence-electron chi connectivity index (χ1n) is 12.4. The van der Waals surface area contributed by atoms with E-state index in [-0.39, 0.29) is 17.1 Å². The first-order chi connectivity index (χ1) is 15.8. The van der Waals surface area contributed by atoms with Gasteiger partial charge in [0.25, 0.3) is 6.47 Å². The normalized spacial score (nSPS) is 17.5. The van der Waals surface area contributed by atoms with Gasteiger partial charge in [0, 0.05) is 0 Å². The second-order valence-electron chi connectivity index (χ2n) is 10.1. The number of aliphatic carboxylic acids is 1. The van der Waals surface area contributed by atoms with Crippen LogP contribution >= 0.6 is 0 Å². The van der Waals surface area contributed by atoms with E-state index in [1.807, 2.05) is 0 Å². The minimum absolute atomic E-state index is 0.201. The molecule has 0 saturated heterocycles. The van der Waals surface area contributed by atoms with Gasteiger partial charge in [-0.2, -0.15) is 0 Å². The average molecular weight is 463 g/mol. The molecule has 2 fully saturated rings. The van der Waals surface area contributed by atoms with Crippen LogP contribution in [0.3, 0.4) is 0 Å². The van der Waals surface area contributed by atoms with Gasteiger partial charge in [0.05, 0.1) is 5.41 Å². The number of benzene rings is 1. The maximum atomic E-state index is 11.2. The van der Waals surface area contributed by atoms with E-state index < -0.39 is 17.1 Å². The van der Waals surface area contributed by atoms with E-state index in [2.05, 4.69) is 0 Å². The molecule has 0 spiro atoms. The lowest BCUT2D eigenvalue weighted by Gasteiger charge is -2.14. The van der Waals surface area contributed by atoms with Crippen LogP contribution in [-0.2, 0) is 27.2 Å². The smallest absolute Gasteiger partial charge is 0.309 e. The van der Waals surface area contributed by atoms with Crippen LogP contribution in [0.25, 0.3) is 0 Å². The zero-order valence-electron chi connectivity index (χ0n) is 19.5. The number of rotatable bonds is 17. The third-order valence-electron chi connectivity index (χ3n) is 7.50. The van der Waals surface area contributed by atoms with Crippen LogP contribution < -0.4 is 0 Å². The number of unbranched alkanes of at least 4 members (excludes halogenated alkanes) is 6. The highest BCUT2D eigenvalue weighted by molar-refractivity contribution is 5.77. The number of hydrogen-bond donors (Lipinski definition) is 4.